The highest BCUT2D eigenvalue weighted by atomic mass is 16.2. The van der Waals surface area contributed by atoms with Gasteiger partial charge in [-0.2, -0.15) is 0 Å². The van der Waals surface area contributed by atoms with E-state index in [4.69, 9.17) is 0 Å². The molecule has 0 fully saturated rings. The number of carbonyl (C=O) groups is 1. The van der Waals surface area contributed by atoms with Crippen LogP contribution in [0.25, 0.3) is 22.1 Å². The Kier molecular flexibility index (Phi) is 4.73. The molecule has 1 N–H and O–H groups in total. The fourth-order valence-electron chi connectivity index (χ4n) is 3.66. The van der Waals surface area contributed by atoms with Gasteiger partial charge >= 0.3 is 5.69 Å². The summed E-state index contributed by atoms with van der Waals surface area (Å²) in [6.07, 6.45) is 0.789. The van der Waals surface area contributed by atoms with Crippen molar-refractivity contribution in [3.05, 3.63) is 64.8 Å². The molecule has 2 aromatic carbocycles. The number of aryl methyl sites for hydroxylation is 3. The predicted octanol–water partition coefficient (Wildman–Crippen LogP) is 2.20. The molecule has 28 heavy (non-hydrogen) atoms. The van der Waals surface area contributed by atoms with Crippen LogP contribution in [0.3, 0.4) is 0 Å². The van der Waals surface area contributed by atoms with Crippen LogP contribution in [0, 0.1) is 6.92 Å². The van der Waals surface area contributed by atoms with Crippen LogP contribution in [0.2, 0.25) is 0 Å². The number of carbonyl (C=O) groups excluding carboxylic acids is 1. The second kappa shape index (κ2) is 7.34. The van der Waals surface area contributed by atoms with E-state index in [9.17, 15) is 9.59 Å². The molecular weight excluding hydrogens is 354 g/mol. The molecule has 0 spiro atoms. The lowest BCUT2D eigenvalue weighted by Crippen LogP contribution is -2.33. The summed E-state index contributed by atoms with van der Waals surface area (Å²) in [5, 5.41) is 2.92. The molecule has 7 nitrogen and oxygen atoms in total. The lowest BCUT2D eigenvalue weighted by atomic mass is 10.3. The summed E-state index contributed by atoms with van der Waals surface area (Å²) in [5.74, 6) is 0.806. The third kappa shape index (κ3) is 3.19. The van der Waals surface area contributed by atoms with E-state index in [-0.39, 0.29) is 18.1 Å². The lowest BCUT2D eigenvalue weighted by Gasteiger charge is -2.09. The maximum atomic E-state index is 12.4. The van der Waals surface area contributed by atoms with Crippen LogP contribution >= 0.6 is 0 Å². The Hall–Kier alpha value is -3.35. The Balaban J connectivity index is 1.37. The van der Waals surface area contributed by atoms with E-state index in [1.807, 2.05) is 49.4 Å². The first-order chi connectivity index (χ1) is 13.6. The van der Waals surface area contributed by atoms with Crippen molar-refractivity contribution in [1.29, 1.82) is 0 Å². The van der Waals surface area contributed by atoms with Crippen molar-refractivity contribution in [1.82, 2.24) is 24.0 Å². The highest BCUT2D eigenvalue weighted by molar-refractivity contribution is 5.81. The molecule has 0 unspecified atom stereocenters. The molecule has 0 atom stereocenters. The van der Waals surface area contributed by atoms with Crippen LogP contribution in [-0.4, -0.2) is 31.1 Å². The van der Waals surface area contributed by atoms with Crippen LogP contribution in [0.5, 0.6) is 0 Å². The van der Waals surface area contributed by atoms with Gasteiger partial charge in [-0.3, -0.25) is 13.9 Å². The molecule has 0 aliphatic heterocycles. The highest BCUT2D eigenvalue weighted by Gasteiger charge is 2.13. The Morgan fingerprint density at radius 1 is 1.00 bits per heavy atom. The molecule has 2 aromatic heterocycles. The van der Waals surface area contributed by atoms with E-state index in [2.05, 4.69) is 20.9 Å². The molecular formula is C21H23N5O2. The number of hydrogen-bond donors (Lipinski definition) is 1. The molecule has 0 saturated carbocycles. The topological polar surface area (TPSA) is 73.8 Å². The number of fused-ring (bicyclic) bond motifs is 2. The van der Waals surface area contributed by atoms with Gasteiger partial charge in [0.25, 0.3) is 0 Å². The summed E-state index contributed by atoms with van der Waals surface area (Å²) >= 11 is 0. The van der Waals surface area contributed by atoms with Gasteiger partial charge in [0.2, 0.25) is 5.91 Å². The number of nitrogens with zero attached hydrogens (tertiary/aromatic N) is 4. The molecule has 7 heteroatoms. The van der Waals surface area contributed by atoms with E-state index >= 15 is 0 Å². The largest absolute Gasteiger partial charge is 0.354 e. The van der Waals surface area contributed by atoms with E-state index < -0.39 is 0 Å². The molecule has 0 aliphatic carbocycles. The quantitative estimate of drug-likeness (QED) is 0.524. The molecule has 4 aromatic rings. The molecule has 2 heterocycles. The first-order valence-electron chi connectivity index (χ1n) is 9.39. The van der Waals surface area contributed by atoms with Gasteiger partial charge in [-0.1, -0.05) is 24.3 Å². The minimum absolute atomic E-state index is 0.0211. The van der Waals surface area contributed by atoms with Gasteiger partial charge in [0.05, 0.1) is 22.1 Å². The minimum Gasteiger partial charge on any atom is -0.354 e. The Morgan fingerprint density at radius 3 is 2.46 bits per heavy atom. The number of imidazole rings is 2. The SMILES string of the molecule is Cc1nc2ccccc2n1CCCNC(=O)Cn1c(=O)n(C)c2ccccc21. The van der Waals surface area contributed by atoms with Crippen molar-refractivity contribution in [3.8, 4) is 0 Å². The molecule has 0 radical (unpaired) electrons. The minimum atomic E-state index is -0.183. The Morgan fingerprint density at radius 2 is 1.68 bits per heavy atom. The number of benzene rings is 2. The summed E-state index contributed by atoms with van der Waals surface area (Å²) in [6.45, 7) is 3.34. The fraction of sp³-hybridized carbons (Fsp3) is 0.286. The second-order valence-electron chi connectivity index (χ2n) is 6.92. The van der Waals surface area contributed by atoms with Gasteiger partial charge in [0.15, 0.2) is 0 Å². The Labute approximate surface area is 162 Å². The zero-order valence-corrected chi connectivity index (χ0v) is 16.1. The average Bonchev–Trinajstić information content (AvgIpc) is 3.14. The third-order valence-corrected chi connectivity index (χ3v) is 5.08. The van der Waals surface area contributed by atoms with Crippen molar-refractivity contribution >= 4 is 28.0 Å². The van der Waals surface area contributed by atoms with Gasteiger partial charge in [-0.15, -0.1) is 0 Å². The monoisotopic (exact) mass is 377 g/mol. The van der Waals surface area contributed by atoms with Gasteiger partial charge in [0, 0.05) is 20.1 Å². The fourth-order valence-corrected chi connectivity index (χ4v) is 3.66. The van der Waals surface area contributed by atoms with Crippen molar-refractivity contribution in [3.63, 3.8) is 0 Å². The third-order valence-electron chi connectivity index (χ3n) is 5.08. The first-order valence-corrected chi connectivity index (χ1v) is 9.39. The van der Waals surface area contributed by atoms with Crippen LogP contribution < -0.4 is 11.0 Å². The van der Waals surface area contributed by atoms with E-state index in [0.717, 1.165) is 40.9 Å². The molecule has 0 saturated heterocycles. The summed E-state index contributed by atoms with van der Waals surface area (Å²) < 4.78 is 5.24. The van der Waals surface area contributed by atoms with Crippen molar-refractivity contribution < 1.29 is 4.79 Å². The lowest BCUT2D eigenvalue weighted by molar-refractivity contribution is -0.121. The normalized spacial score (nSPS) is 11.4. The van der Waals surface area contributed by atoms with E-state index in [1.54, 1.807) is 11.6 Å². The molecule has 0 aliphatic rings. The average molecular weight is 377 g/mol. The van der Waals surface area contributed by atoms with Gasteiger partial charge < -0.3 is 9.88 Å². The standard InChI is InChI=1S/C21H23N5O2/c1-15-23-16-8-3-4-9-17(16)25(15)13-7-12-22-20(27)14-26-19-11-6-5-10-18(19)24(2)21(26)28/h3-6,8-11H,7,12-14H2,1-2H3,(H,22,27). The zero-order valence-electron chi connectivity index (χ0n) is 16.1. The van der Waals surface area contributed by atoms with E-state index in [0.29, 0.717) is 6.54 Å². The smallest absolute Gasteiger partial charge is 0.329 e. The number of nitrogens with one attached hydrogen (secondary N) is 1. The van der Waals surface area contributed by atoms with Gasteiger partial charge in [-0.25, -0.2) is 9.78 Å². The highest BCUT2D eigenvalue weighted by Crippen LogP contribution is 2.15. The second-order valence-corrected chi connectivity index (χ2v) is 6.92. The van der Waals surface area contributed by atoms with E-state index in [1.165, 1.54) is 4.57 Å². The maximum Gasteiger partial charge on any atom is 0.329 e. The predicted molar refractivity (Wildman–Crippen MR) is 109 cm³/mol. The number of aromatic nitrogens is 4. The summed E-state index contributed by atoms with van der Waals surface area (Å²) in [5.41, 5.74) is 3.50. The number of rotatable bonds is 6. The maximum absolute atomic E-state index is 12.4. The number of amides is 1. The summed E-state index contributed by atoms with van der Waals surface area (Å²) in [7, 11) is 1.72. The van der Waals surface area contributed by atoms with Gasteiger partial charge in [-0.05, 0) is 37.6 Å². The number of hydrogen-bond acceptors (Lipinski definition) is 3. The van der Waals surface area contributed by atoms with Crippen molar-refractivity contribution in [2.24, 2.45) is 7.05 Å². The summed E-state index contributed by atoms with van der Waals surface area (Å²) in [6, 6.07) is 15.5. The van der Waals surface area contributed by atoms with Crippen molar-refractivity contribution in [2.45, 2.75) is 26.4 Å². The van der Waals surface area contributed by atoms with Crippen molar-refractivity contribution in [2.75, 3.05) is 6.54 Å². The molecule has 1 amide bonds. The van der Waals surface area contributed by atoms with Gasteiger partial charge in [0.1, 0.15) is 12.4 Å². The van der Waals surface area contributed by atoms with Crippen LogP contribution in [0.15, 0.2) is 53.3 Å². The zero-order chi connectivity index (χ0) is 19.7. The van der Waals surface area contributed by atoms with Crippen LogP contribution in [-0.2, 0) is 24.9 Å². The molecule has 0 bridgehead atoms. The first kappa shape index (κ1) is 18.0. The van der Waals surface area contributed by atoms with Crippen LogP contribution in [0.1, 0.15) is 12.2 Å². The molecule has 144 valence electrons. The summed E-state index contributed by atoms with van der Waals surface area (Å²) in [4.78, 5) is 29.3. The number of para-hydroxylation sites is 4. The van der Waals surface area contributed by atoms with Crippen LogP contribution in [0.4, 0.5) is 0 Å². The molecule has 4 rings (SSSR count). The Bertz CT molecular complexity index is 1210.